The highest BCUT2D eigenvalue weighted by atomic mass is 32.1. The largest absolute Gasteiger partial charge is 0.497 e. The van der Waals surface area contributed by atoms with Gasteiger partial charge in [0.2, 0.25) is 0 Å². The third kappa shape index (κ3) is 2.70. The lowest BCUT2D eigenvalue weighted by molar-refractivity contribution is 0.415. The highest BCUT2D eigenvalue weighted by molar-refractivity contribution is 7.19. The minimum atomic E-state index is -0.159. The molecule has 0 aliphatic heterocycles. The van der Waals surface area contributed by atoms with Gasteiger partial charge >= 0.3 is 0 Å². The Morgan fingerprint density at radius 1 is 1.16 bits per heavy atom. The zero-order valence-corrected chi connectivity index (χ0v) is 14.6. The van der Waals surface area contributed by atoms with E-state index in [0.29, 0.717) is 21.7 Å². The Hall–Kier alpha value is -2.99. The van der Waals surface area contributed by atoms with Crippen LogP contribution in [0.2, 0.25) is 0 Å². The number of hydrogen-bond acceptors (Lipinski definition) is 5. The van der Waals surface area contributed by atoms with Gasteiger partial charge < -0.3 is 9.72 Å². The van der Waals surface area contributed by atoms with E-state index in [9.17, 15) is 4.79 Å². The topological polar surface area (TPSA) is 67.9 Å². The molecule has 0 spiro atoms. The molecule has 0 saturated carbocycles. The summed E-state index contributed by atoms with van der Waals surface area (Å²) in [5.41, 5.74) is 2.34. The third-order valence-electron chi connectivity index (χ3n) is 4.00. The van der Waals surface area contributed by atoms with Crippen LogP contribution < -0.4 is 10.3 Å². The Balaban J connectivity index is 1.96. The number of nitrogens with one attached hydrogen (secondary N) is 1. The number of aromatic nitrogens is 3. The fourth-order valence-electron chi connectivity index (χ4n) is 2.87. The second kappa shape index (κ2) is 6.14. The van der Waals surface area contributed by atoms with E-state index in [1.807, 2.05) is 49.4 Å². The zero-order valence-electron chi connectivity index (χ0n) is 13.7. The van der Waals surface area contributed by atoms with Crippen molar-refractivity contribution in [2.24, 2.45) is 0 Å². The first-order valence-corrected chi connectivity index (χ1v) is 8.58. The average molecular weight is 349 g/mol. The molecule has 0 saturated heterocycles. The molecule has 0 aliphatic carbocycles. The summed E-state index contributed by atoms with van der Waals surface area (Å²) in [6, 6.07) is 13.2. The Morgan fingerprint density at radius 3 is 2.80 bits per heavy atom. The predicted octanol–water partition coefficient (Wildman–Crippen LogP) is 4.03. The van der Waals surface area contributed by atoms with Crippen molar-refractivity contribution < 1.29 is 4.74 Å². The van der Waals surface area contributed by atoms with Crippen molar-refractivity contribution in [2.45, 2.75) is 6.92 Å². The van der Waals surface area contributed by atoms with E-state index in [1.54, 1.807) is 13.3 Å². The van der Waals surface area contributed by atoms with E-state index in [1.165, 1.54) is 11.3 Å². The molecule has 0 bridgehead atoms. The number of pyridine rings is 1. The molecule has 4 rings (SSSR count). The molecule has 124 valence electrons. The van der Waals surface area contributed by atoms with Crippen molar-refractivity contribution >= 4 is 21.6 Å². The second-order valence-corrected chi connectivity index (χ2v) is 6.78. The van der Waals surface area contributed by atoms with Crippen LogP contribution in [-0.2, 0) is 0 Å². The molecule has 0 fully saturated rings. The van der Waals surface area contributed by atoms with E-state index < -0.39 is 0 Å². The van der Waals surface area contributed by atoms with Crippen molar-refractivity contribution in [3.63, 3.8) is 0 Å². The number of benzene rings is 1. The number of aryl methyl sites for hydroxylation is 1. The summed E-state index contributed by atoms with van der Waals surface area (Å²) in [5.74, 6) is 1.24. The van der Waals surface area contributed by atoms with Gasteiger partial charge in [-0.3, -0.25) is 9.78 Å². The first-order valence-electron chi connectivity index (χ1n) is 7.76. The highest BCUT2D eigenvalue weighted by Crippen LogP contribution is 2.37. The average Bonchev–Trinajstić information content (AvgIpc) is 2.99. The fourth-order valence-corrected chi connectivity index (χ4v) is 3.92. The minimum absolute atomic E-state index is 0.159. The van der Waals surface area contributed by atoms with Crippen LogP contribution in [0.5, 0.6) is 5.75 Å². The number of fused-ring (bicyclic) bond motifs is 1. The number of methoxy groups -OCH3 is 1. The van der Waals surface area contributed by atoms with Crippen LogP contribution in [0.3, 0.4) is 0 Å². The highest BCUT2D eigenvalue weighted by Gasteiger charge is 2.17. The van der Waals surface area contributed by atoms with Crippen molar-refractivity contribution in [3.05, 3.63) is 63.9 Å². The maximum atomic E-state index is 12.8. The predicted molar refractivity (Wildman–Crippen MR) is 100 cm³/mol. The molecule has 0 amide bonds. The maximum Gasteiger partial charge on any atom is 0.260 e. The van der Waals surface area contributed by atoms with E-state index in [-0.39, 0.29) is 5.56 Å². The summed E-state index contributed by atoms with van der Waals surface area (Å²) in [7, 11) is 1.63. The first kappa shape index (κ1) is 15.5. The Bertz CT molecular complexity index is 1120. The second-order valence-electron chi connectivity index (χ2n) is 5.57. The summed E-state index contributed by atoms with van der Waals surface area (Å²) in [5, 5.41) is 0.607. The van der Waals surface area contributed by atoms with E-state index in [0.717, 1.165) is 21.8 Å². The Kier molecular flexibility index (Phi) is 3.82. The molecular weight excluding hydrogens is 334 g/mol. The number of rotatable bonds is 3. The SMILES string of the molecule is COc1cccc(-c2c(C)sc3nc(-c4ccccn4)[nH]c(=O)c23)c1. The number of aromatic amines is 1. The molecule has 0 radical (unpaired) electrons. The molecular formula is C19H15N3O2S. The van der Waals surface area contributed by atoms with Gasteiger partial charge in [-0.25, -0.2) is 4.98 Å². The van der Waals surface area contributed by atoms with Gasteiger partial charge in [0.25, 0.3) is 5.56 Å². The van der Waals surface area contributed by atoms with Gasteiger partial charge in [-0.05, 0) is 36.8 Å². The Morgan fingerprint density at radius 2 is 2.04 bits per heavy atom. The van der Waals surface area contributed by atoms with Crippen LogP contribution in [0.4, 0.5) is 0 Å². The standard InChI is InChI=1S/C19H15N3O2S/c1-11-15(12-6-5-7-13(10-12)24-2)16-18(23)21-17(22-19(16)25-11)14-8-3-4-9-20-14/h3-10H,1-2H3,(H,21,22,23). The van der Waals surface area contributed by atoms with Crippen molar-refractivity contribution in [1.82, 2.24) is 15.0 Å². The molecule has 5 nitrogen and oxygen atoms in total. The lowest BCUT2D eigenvalue weighted by Gasteiger charge is -2.05. The number of ether oxygens (including phenoxy) is 1. The van der Waals surface area contributed by atoms with Crippen LogP contribution >= 0.6 is 11.3 Å². The van der Waals surface area contributed by atoms with Gasteiger partial charge in [0.15, 0.2) is 5.82 Å². The lowest BCUT2D eigenvalue weighted by Crippen LogP contribution is -2.09. The summed E-state index contributed by atoms with van der Waals surface area (Å²) in [6.45, 7) is 2.00. The summed E-state index contributed by atoms with van der Waals surface area (Å²) in [4.78, 5) is 26.3. The molecule has 0 unspecified atom stereocenters. The van der Waals surface area contributed by atoms with E-state index >= 15 is 0 Å². The van der Waals surface area contributed by atoms with Gasteiger partial charge in [-0.15, -0.1) is 11.3 Å². The normalized spacial score (nSPS) is 11.0. The monoisotopic (exact) mass is 349 g/mol. The molecule has 1 N–H and O–H groups in total. The van der Waals surface area contributed by atoms with E-state index in [4.69, 9.17) is 4.74 Å². The minimum Gasteiger partial charge on any atom is -0.497 e. The van der Waals surface area contributed by atoms with Gasteiger partial charge in [-0.1, -0.05) is 18.2 Å². The van der Waals surface area contributed by atoms with Crippen LogP contribution in [-0.4, -0.2) is 22.1 Å². The molecule has 0 aliphatic rings. The van der Waals surface area contributed by atoms with Crippen LogP contribution in [0.15, 0.2) is 53.5 Å². The summed E-state index contributed by atoms with van der Waals surface area (Å²) < 4.78 is 5.31. The van der Waals surface area contributed by atoms with E-state index in [2.05, 4.69) is 15.0 Å². The number of thiophene rings is 1. The maximum absolute atomic E-state index is 12.8. The zero-order chi connectivity index (χ0) is 17.4. The van der Waals surface area contributed by atoms with Crippen LogP contribution in [0.1, 0.15) is 4.88 Å². The van der Waals surface area contributed by atoms with Crippen LogP contribution in [0, 0.1) is 6.92 Å². The Labute approximate surface area is 148 Å². The first-order chi connectivity index (χ1) is 12.2. The van der Waals surface area contributed by atoms with Crippen molar-refractivity contribution in [1.29, 1.82) is 0 Å². The fraction of sp³-hybridized carbons (Fsp3) is 0.105. The van der Waals surface area contributed by atoms with Gasteiger partial charge in [0, 0.05) is 16.6 Å². The quantitative estimate of drug-likeness (QED) is 0.606. The molecule has 3 aromatic heterocycles. The number of hydrogen-bond donors (Lipinski definition) is 1. The summed E-state index contributed by atoms with van der Waals surface area (Å²) >= 11 is 1.51. The van der Waals surface area contributed by atoms with Crippen LogP contribution in [0.25, 0.3) is 32.9 Å². The van der Waals surface area contributed by atoms with Gasteiger partial charge in [0.1, 0.15) is 16.3 Å². The molecule has 0 atom stereocenters. The van der Waals surface area contributed by atoms with Gasteiger partial charge in [-0.2, -0.15) is 0 Å². The number of nitrogens with zero attached hydrogens (tertiary/aromatic N) is 2. The molecule has 4 aromatic rings. The number of H-pyrrole nitrogens is 1. The van der Waals surface area contributed by atoms with Crippen molar-refractivity contribution in [2.75, 3.05) is 7.11 Å². The smallest absolute Gasteiger partial charge is 0.260 e. The van der Waals surface area contributed by atoms with Crippen molar-refractivity contribution in [3.8, 4) is 28.4 Å². The molecule has 3 heterocycles. The molecule has 6 heteroatoms. The molecule has 25 heavy (non-hydrogen) atoms. The lowest BCUT2D eigenvalue weighted by atomic mass is 10.0. The third-order valence-corrected chi connectivity index (χ3v) is 5.00. The molecule has 1 aromatic carbocycles. The summed E-state index contributed by atoms with van der Waals surface area (Å²) in [6.07, 6.45) is 1.68. The van der Waals surface area contributed by atoms with Gasteiger partial charge in [0.05, 0.1) is 12.5 Å².